The van der Waals surface area contributed by atoms with Gasteiger partial charge in [0.1, 0.15) is 5.75 Å². The number of likely N-dealkylation sites (tertiary alicyclic amines) is 1. The number of amides is 1. The number of carbonyl (C=O) groups is 1. The van der Waals surface area contributed by atoms with E-state index >= 15 is 0 Å². The van der Waals surface area contributed by atoms with Crippen LogP contribution < -0.4 is 10.1 Å². The quantitative estimate of drug-likeness (QED) is 0.657. The van der Waals surface area contributed by atoms with Gasteiger partial charge in [-0.1, -0.05) is 66.3 Å². The second kappa shape index (κ2) is 9.56. The van der Waals surface area contributed by atoms with Gasteiger partial charge in [-0.05, 0) is 68.3 Å². The topological polar surface area (TPSA) is 41.6 Å². The van der Waals surface area contributed by atoms with E-state index in [2.05, 4.69) is 58.8 Å². The minimum atomic E-state index is -0.0669. The van der Waals surface area contributed by atoms with E-state index in [1.807, 2.05) is 24.3 Å². The number of methoxy groups -OCH3 is 1. The van der Waals surface area contributed by atoms with E-state index in [1.165, 1.54) is 12.0 Å². The standard InChI is InChI=1S/C29H34N2O2/c1-33-27-14-6-5-13-25(27)28(32)30-21-29(24-11-3-2-4-12-24)15-8-17-31(18-16-29)20-23-10-7-9-22-19-26(22)23/h2-7,9-14,22,26H,8,15-21H2,1H3,(H,30,32). The van der Waals surface area contributed by atoms with Crippen LogP contribution >= 0.6 is 0 Å². The van der Waals surface area contributed by atoms with Crippen molar-refractivity contribution in [2.24, 2.45) is 11.8 Å². The summed E-state index contributed by atoms with van der Waals surface area (Å²) >= 11 is 0. The summed E-state index contributed by atoms with van der Waals surface area (Å²) in [6.07, 6.45) is 11.5. The largest absolute Gasteiger partial charge is 0.496 e. The zero-order chi connectivity index (χ0) is 22.7. The number of rotatable bonds is 7. The molecule has 1 heterocycles. The number of fused-ring (bicyclic) bond motifs is 1. The van der Waals surface area contributed by atoms with Crippen molar-refractivity contribution in [2.45, 2.75) is 31.1 Å². The number of carbonyl (C=O) groups excluding carboxylic acids is 1. The SMILES string of the molecule is COc1ccccc1C(=O)NCC1(c2ccccc2)CCCN(CC2=CC=CC3CC23)CC1. The summed E-state index contributed by atoms with van der Waals surface area (Å²) in [7, 11) is 1.61. The molecule has 1 aliphatic heterocycles. The number of ether oxygens (including phenoxy) is 1. The van der Waals surface area contributed by atoms with Gasteiger partial charge in [-0.2, -0.15) is 0 Å². The van der Waals surface area contributed by atoms with Gasteiger partial charge in [-0.15, -0.1) is 0 Å². The molecule has 2 aromatic carbocycles. The normalized spacial score (nSPS) is 26.6. The summed E-state index contributed by atoms with van der Waals surface area (Å²) in [5, 5.41) is 3.26. The van der Waals surface area contributed by atoms with Crippen molar-refractivity contribution >= 4 is 5.91 Å². The fourth-order valence-electron chi connectivity index (χ4n) is 5.67. The Bertz CT molecular complexity index is 1040. The molecule has 3 aliphatic rings. The number of nitrogens with one attached hydrogen (secondary N) is 1. The third-order valence-corrected chi connectivity index (χ3v) is 7.75. The van der Waals surface area contributed by atoms with Crippen molar-refractivity contribution in [3.8, 4) is 5.75 Å². The molecule has 1 N–H and O–H groups in total. The number of para-hydroxylation sites is 1. The average molecular weight is 443 g/mol. The van der Waals surface area contributed by atoms with E-state index in [9.17, 15) is 4.79 Å². The minimum Gasteiger partial charge on any atom is -0.496 e. The maximum atomic E-state index is 13.1. The summed E-state index contributed by atoms with van der Waals surface area (Å²) in [6, 6.07) is 18.2. The third-order valence-electron chi connectivity index (χ3n) is 7.75. The van der Waals surface area contributed by atoms with Gasteiger partial charge in [0.05, 0.1) is 12.7 Å². The summed E-state index contributed by atoms with van der Waals surface area (Å²) in [6.45, 7) is 3.90. The van der Waals surface area contributed by atoms with Crippen LogP contribution in [0, 0.1) is 11.8 Å². The van der Waals surface area contributed by atoms with Crippen molar-refractivity contribution in [3.05, 3.63) is 89.5 Å². The molecule has 3 unspecified atom stereocenters. The molecular weight excluding hydrogens is 408 g/mol. The van der Waals surface area contributed by atoms with Gasteiger partial charge in [0.25, 0.3) is 5.91 Å². The van der Waals surface area contributed by atoms with Gasteiger partial charge in [-0.25, -0.2) is 0 Å². The predicted octanol–water partition coefficient (Wildman–Crippen LogP) is 4.98. The second-order valence-corrected chi connectivity index (χ2v) is 9.79. The van der Waals surface area contributed by atoms with Crippen LogP contribution in [0.3, 0.4) is 0 Å². The second-order valence-electron chi connectivity index (χ2n) is 9.79. The fourth-order valence-corrected chi connectivity index (χ4v) is 5.67. The molecule has 0 radical (unpaired) electrons. The number of hydrogen-bond donors (Lipinski definition) is 1. The van der Waals surface area contributed by atoms with Crippen LogP contribution in [0.4, 0.5) is 0 Å². The first-order chi connectivity index (χ1) is 16.2. The smallest absolute Gasteiger partial charge is 0.255 e. The zero-order valence-corrected chi connectivity index (χ0v) is 19.5. The molecule has 4 nitrogen and oxygen atoms in total. The van der Waals surface area contributed by atoms with Crippen LogP contribution in [-0.4, -0.2) is 44.1 Å². The lowest BCUT2D eigenvalue weighted by molar-refractivity contribution is 0.0937. The van der Waals surface area contributed by atoms with E-state index < -0.39 is 0 Å². The number of allylic oxidation sites excluding steroid dienone is 3. The Balaban J connectivity index is 1.31. The van der Waals surface area contributed by atoms with Crippen molar-refractivity contribution in [1.29, 1.82) is 0 Å². The Hall–Kier alpha value is -2.85. The van der Waals surface area contributed by atoms with Gasteiger partial charge in [0, 0.05) is 18.5 Å². The first-order valence-electron chi connectivity index (χ1n) is 12.2. The Morgan fingerprint density at radius 3 is 2.76 bits per heavy atom. The van der Waals surface area contributed by atoms with Gasteiger partial charge in [-0.3, -0.25) is 9.69 Å². The Morgan fingerprint density at radius 1 is 1.09 bits per heavy atom. The fraction of sp³-hybridized carbons (Fsp3) is 0.414. The van der Waals surface area contributed by atoms with Crippen molar-refractivity contribution < 1.29 is 9.53 Å². The maximum absolute atomic E-state index is 13.1. The van der Waals surface area contributed by atoms with Gasteiger partial charge < -0.3 is 10.1 Å². The lowest BCUT2D eigenvalue weighted by atomic mass is 9.74. The lowest BCUT2D eigenvalue weighted by Gasteiger charge is -2.34. The Labute approximate surface area is 197 Å². The van der Waals surface area contributed by atoms with Crippen LogP contribution in [0.1, 0.15) is 41.6 Å². The van der Waals surface area contributed by atoms with Gasteiger partial charge in [0.2, 0.25) is 0 Å². The molecule has 0 bridgehead atoms. The molecule has 172 valence electrons. The highest BCUT2D eigenvalue weighted by molar-refractivity contribution is 5.96. The molecule has 1 saturated heterocycles. The van der Waals surface area contributed by atoms with E-state index in [1.54, 1.807) is 12.7 Å². The molecule has 1 amide bonds. The maximum Gasteiger partial charge on any atom is 0.255 e. The molecule has 2 fully saturated rings. The molecule has 0 spiro atoms. The molecule has 2 aliphatic carbocycles. The number of nitrogens with zero attached hydrogens (tertiary/aromatic N) is 1. The average Bonchev–Trinajstić information content (AvgIpc) is 3.68. The van der Waals surface area contributed by atoms with Crippen molar-refractivity contribution in [2.75, 3.05) is 33.3 Å². The first-order valence-corrected chi connectivity index (χ1v) is 12.2. The molecule has 4 heteroatoms. The monoisotopic (exact) mass is 442 g/mol. The third kappa shape index (κ3) is 4.77. The zero-order valence-electron chi connectivity index (χ0n) is 19.5. The molecule has 33 heavy (non-hydrogen) atoms. The van der Waals surface area contributed by atoms with Gasteiger partial charge >= 0.3 is 0 Å². The van der Waals surface area contributed by atoms with Crippen molar-refractivity contribution in [1.82, 2.24) is 10.2 Å². The molecule has 1 saturated carbocycles. The van der Waals surface area contributed by atoms with Crippen LogP contribution in [0.25, 0.3) is 0 Å². The van der Waals surface area contributed by atoms with Crippen LogP contribution in [-0.2, 0) is 5.41 Å². The van der Waals surface area contributed by atoms with Crippen LogP contribution in [0.2, 0.25) is 0 Å². The van der Waals surface area contributed by atoms with E-state index in [4.69, 9.17) is 4.74 Å². The number of benzene rings is 2. The highest BCUT2D eigenvalue weighted by Crippen LogP contribution is 2.47. The molecule has 5 rings (SSSR count). The summed E-state index contributed by atoms with van der Waals surface area (Å²) in [5.41, 5.74) is 3.47. The van der Waals surface area contributed by atoms with E-state index in [0.29, 0.717) is 17.9 Å². The minimum absolute atomic E-state index is 0.0589. The first kappa shape index (κ1) is 22.0. The highest BCUT2D eigenvalue weighted by Gasteiger charge is 2.40. The number of hydrogen-bond acceptors (Lipinski definition) is 3. The van der Waals surface area contributed by atoms with E-state index in [0.717, 1.165) is 50.7 Å². The lowest BCUT2D eigenvalue weighted by Crippen LogP contribution is -2.42. The molecule has 0 aromatic heterocycles. The summed E-state index contributed by atoms with van der Waals surface area (Å²) in [5.74, 6) is 2.13. The predicted molar refractivity (Wildman–Crippen MR) is 133 cm³/mol. The van der Waals surface area contributed by atoms with Crippen LogP contribution in [0.5, 0.6) is 5.75 Å². The summed E-state index contributed by atoms with van der Waals surface area (Å²) < 4.78 is 5.41. The van der Waals surface area contributed by atoms with Crippen molar-refractivity contribution in [3.63, 3.8) is 0 Å². The summed E-state index contributed by atoms with van der Waals surface area (Å²) in [4.78, 5) is 15.7. The molecule has 3 atom stereocenters. The Kier molecular flexibility index (Phi) is 6.37. The van der Waals surface area contributed by atoms with Crippen LogP contribution in [0.15, 0.2) is 78.4 Å². The molecular formula is C29H34N2O2. The van der Waals surface area contributed by atoms with E-state index in [-0.39, 0.29) is 11.3 Å². The highest BCUT2D eigenvalue weighted by atomic mass is 16.5. The Morgan fingerprint density at radius 2 is 1.91 bits per heavy atom. The molecule has 2 aromatic rings. The van der Waals surface area contributed by atoms with Gasteiger partial charge in [0.15, 0.2) is 0 Å².